The van der Waals surface area contributed by atoms with Crippen LogP contribution in [0.5, 0.6) is 17.2 Å². The van der Waals surface area contributed by atoms with Crippen molar-refractivity contribution in [3.8, 4) is 17.2 Å². The van der Waals surface area contributed by atoms with Gasteiger partial charge in [0.05, 0.1) is 37.0 Å². The van der Waals surface area contributed by atoms with Crippen LogP contribution in [-0.2, 0) is 9.16 Å². The van der Waals surface area contributed by atoms with E-state index in [0.717, 1.165) is 39.9 Å². The summed E-state index contributed by atoms with van der Waals surface area (Å²) in [6.45, 7) is 35.9. The lowest BCUT2D eigenvalue weighted by molar-refractivity contribution is -0.165. The number of benzene rings is 1. The lowest BCUT2D eigenvalue weighted by Gasteiger charge is -2.50. The molecule has 1 saturated heterocycles. The van der Waals surface area contributed by atoms with Crippen LogP contribution in [-0.4, -0.2) is 43.1 Å². The van der Waals surface area contributed by atoms with E-state index in [1.54, 1.807) is 14.2 Å². The zero-order valence-corrected chi connectivity index (χ0v) is 33.2. The summed E-state index contributed by atoms with van der Waals surface area (Å²) in [5.41, 5.74) is 1.87. The standard InChI is InChI=1S/C34H61BrO5Si2/c1-18-21(2)19-20-25-22(3)28(39-41(14,15)33(6,7)8)23(4)29(38-25)26-27(35)30(36-12)24(5)31(37-13)32(26)40-42(16,17)34(9,10)11/h18,21-23,25,28-29H,1,19-20H2,2-17H3/t21-,22+,23-,25-,28+,29-/m1/s1. The molecule has 242 valence electrons. The van der Waals surface area contributed by atoms with E-state index in [4.69, 9.17) is 23.1 Å². The lowest BCUT2D eigenvalue weighted by atomic mass is 9.78. The van der Waals surface area contributed by atoms with Crippen LogP contribution in [0.25, 0.3) is 0 Å². The van der Waals surface area contributed by atoms with Gasteiger partial charge in [0, 0.05) is 23.0 Å². The molecule has 6 atom stereocenters. The predicted molar refractivity (Wildman–Crippen MR) is 186 cm³/mol. The van der Waals surface area contributed by atoms with E-state index in [-0.39, 0.29) is 40.2 Å². The van der Waals surface area contributed by atoms with Crippen molar-refractivity contribution in [2.75, 3.05) is 14.2 Å². The third kappa shape index (κ3) is 7.70. The Bertz CT molecular complexity index is 1090. The van der Waals surface area contributed by atoms with Crippen LogP contribution < -0.4 is 13.9 Å². The highest BCUT2D eigenvalue weighted by molar-refractivity contribution is 9.10. The van der Waals surface area contributed by atoms with Crippen LogP contribution in [0.3, 0.4) is 0 Å². The highest BCUT2D eigenvalue weighted by Crippen LogP contribution is 2.56. The second kappa shape index (κ2) is 13.7. The Morgan fingerprint density at radius 1 is 0.905 bits per heavy atom. The van der Waals surface area contributed by atoms with Gasteiger partial charge in [0.15, 0.2) is 19.8 Å². The van der Waals surface area contributed by atoms with Gasteiger partial charge in [0.25, 0.3) is 8.32 Å². The van der Waals surface area contributed by atoms with E-state index in [2.05, 4.69) is 111 Å². The first-order valence-electron chi connectivity index (χ1n) is 15.6. The first kappa shape index (κ1) is 37.4. The van der Waals surface area contributed by atoms with Crippen molar-refractivity contribution < 1.29 is 23.1 Å². The maximum Gasteiger partial charge on any atom is 0.250 e. The molecule has 42 heavy (non-hydrogen) atoms. The highest BCUT2D eigenvalue weighted by atomic mass is 79.9. The van der Waals surface area contributed by atoms with Gasteiger partial charge in [-0.3, -0.25) is 0 Å². The molecule has 1 aromatic rings. The van der Waals surface area contributed by atoms with Crippen molar-refractivity contribution in [2.45, 2.75) is 137 Å². The predicted octanol–water partition coefficient (Wildman–Crippen LogP) is 10.9. The Hall–Kier alpha value is -0.806. The first-order chi connectivity index (χ1) is 19.1. The Morgan fingerprint density at radius 3 is 1.88 bits per heavy atom. The molecule has 1 aliphatic heterocycles. The SMILES string of the molecule is C=C[C@@H](C)CC[C@H]1O[C@@H](c2c(Br)c(OC)c(C)c(OC)c2O[Si](C)(C)C(C)(C)C)[C@H](C)[C@@H](O[Si](C)(C)C(C)(C)C)[C@H]1C. The molecule has 8 heteroatoms. The molecule has 0 N–H and O–H groups in total. The number of hydrogen-bond acceptors (Lipinski definition) is 5. The van der Waals surface area contributed by atoms with Crippen molar-refractivity contribution in [1.29, 1.82) is 0 Å². The van der Waals surface area contributed by atoms with Gasteiger partial charge in [-0.05, 0) is 77.9 Å². The molecule has 0 aliphatic carbocycles. The summed E-state index contributed by atoms with van der Waals surface area (Å²) >= 11 is 3.98. The largest absolute Gasteiger partial charge is 0.541 e. The van der Waals surface area contributed by atoms with Crippen LogP contribution in [0.1, 0.15) is 92.4 Å². The lowest BCUT2D eigenvalue weighted by Crippen LogP contribution is -2.53. The molecule has 1 aliphatic rings. The Labute approximate surface area is 268 Å². The van der Waals surface area contributed by atoms with E-state index in [1.165, 1.54) is 0 Å². The number of halogens is 1. The zero-order chi connectivity index (χ0) is 32.6. The molecular formula is C34H61BrO5Si2. The van der Waals surface area contributed by atoms with Gasteiger partial charge >= 0.3 is 0 Å². The first-order valence-corrected chi connectivity index (χ1v) is 22.3. The van der Waals surface area contributed by atoms with Crippen molar-refractivity contribution in [2.24, 2.45) is 17.8 Å². The minimum atomic E-state index is -2.26. The number of allylic oxidation sites excluding steroid dienone is 1. The molecule has 1 fully saturated rings. The van der Waals surface area contributed by atoms with Crippen molar-refractivity contribution in [3.05, 3.63) is 28.3 Å². The topological polar surface area (TPSA) is 46.2 Å². The molecule has 1 aromatic carbocycles. The maximum atomic E-state index is 7.28. The Kier molecular flexibility index (Phi) is 12.2. The zero-order valence-electron chi connectivity index (χ0n) is 29.6. The van der Waals surface area contributed by atoms with Gasteiger partial charge in [-0.2, -0.15) is 0 Å². The van der Waals surface area contributed by atoms with Gasteiger partial charge in [0.1, 0.15) is 5.75 Å². The van der Waals surface area contributed by atoms with Gasteiger partial charge in [-0.1, -0.05) is 68.4 Å². The smallest absolute Gasteiger partial charge is 0.250 e. The fourth-order valence-corrected chi connectivity index (χ4v) is 8.62. The third-order valence-corrected chi connectivity index (χ3v) is 20.0. The van der Waals surface area contributed by atoms with E-state index in [0.29, 0.717) is 11.7 Å². The second-order valence-electron chi connectivity index (χ2n) is 15.6. The fraction of sp³-hybridized carbons (Fsp3) is 0.765. The third-order valence-electron chi connectivity index (χ3n) is 10.4. The van der Waals surface area contributed by atoms with E-state index >= 15 is 0 Å². The Morgan fingerprint density at radius 2 is 1.43 bits per heavy atom. The Balaban J connectivity index is 2.85. The van der Waals surface area contributed by atoms with Crippen molar-refractivity contribution in [1.82, 2.24) is 0 Å². The summed E-state index contributed by atoms with van der Waals surface area (Å²) in [7, 11) is -0.916. The number of hydrogen-bond donors (Lipinski definition) is 0. The highest BCUT2D eigenvalue weighted by Gasteiger charge is 2.50. The van der Waals surface area contributed by atoms with Crippen LogP contribution in [0.2, 0.25) is 36.3 Å². The molecule has 0 amide bonds. The monoisotopic (exact) mass is 684 g/mol. The van der Waals surface area contributed by atoms with Gasteiger partial charge in [0.2, 0.25) is 0 Å². The average Bonchev–Trinajstić information content (AvgIpc) is 2.85. The van der Waals surface area contributed by atoms with Crippen LogP contribution in [0.4, 0.5) is 0 Å². The molecule has 0 aromatic heterocycles. The molecule has 0 saturated carbocycles. The summed E-state index contributed by atoms with van der Waals surface area (Å²) in [5.74, 6) is 2.95. The summed E-state index contributed by atoms with van der Waals surface area (Å²) in [4.78, 5) is 0. The number of ether oxygens (including phenoxy) is 3. The molecule has 1 heterocycles. The summed E-state index contributed by atoms with van der Waals surface area (Å²) in [6.07, 6.45) is 3.76. The summed E-state index contributed by atoms with van der Waals surface area (Å²) < 4.78 is 34.5. The van der Waals surface area contributed by atoms with Crippen molar-refractivity contribution >= 4 is 32.6 Å². The molecule has 0 radical (unpaired) electrons. The van der Waals surface area contributed by atoms with Crippen LogP contribution in [0.15, 0.2) is 17.1 Å². The van der Waals surface area contributed by atoms with E-state index in [9.17, 15) is 0 Å². The normalized spacial score (nSPS) is 24.7. The molecule has 0 spiro atoms. The van der Waals surface area contributed by atoms with E-state index in [1.807, 2.05) is 13.0 Å². The minimum absolute atomic E-state index is 0.000479. The number of methoxy groups -OCH3 is 2. The summed E-state index contributed by atoms with van der Waals surface area (Å²) in [5, 5.41) is 0.0983. The number of rotatable bonds is 11. The average molecular weight is 686 g/mol. The van der Waals surface area contributed by atoms with Gasteiger partial charge in [-0.25, -0.2) is 0 Å². The minimum Gasteiger partial charge on any atom is -0.541 e. The van der Waals surface area contributed by atoms with Crippen LogP contribution in [0, 0.1) is 24.7 Å². The van der Waals surface area contributed by atoms with E-state index < -0.39 is 16.6 Å². The van der Waals surface area contributed by atoms with Crippen molar-refractivity contribution in [3.63, 3.8) is 0 Å². The maximum absolute atomic E-state index is 7.28. The molecular weight excluding hydrogens is 624 g/mol. The molecule has 5 nitrogen and oxygen atoms in total. The quantitative estimate of drug-likeness (QED) is 0.171. The van der Waals surface area contributed by atoms with Gasteiger partial charge in [-0.15, -0.1) is 6.58 Å². The fourth-order valence-electron chi connectivity index (χ4n) is 5.27. The second-order valence-corrected chi connectivity index (χ2v) is 25.8. The molecule has 2 rings (SSSR count). The molecule has 0 unspecified atom stereocenters. The van der Waals surface area contributed by atoms with Crippen LogP contribution >= 0.6 is 15.9 Å². The summed E-state index contributed by atoms with van der Waals surface area (Å²) in [6, 6.07) is 0. The van der Waals surface area contributed by atoms with Gasteiger partial charge < -0.3 is 23.1 Å². The molecule has 0 bridgehead atoms.